The highest BCUT2D eigenvalue weighted by Crippen LogP contribution is 2.16. The summed E-state index contributed by atoms with van der Waals surface area (Å²) < 4.78 is 14.3. The highest BCUT2D eigenvalue weighted by Gasteiger charge is 2.20. The van der Waals surface area contributed by atoms with E-state index in [1.165, 1.54) is 10.9 Å². The summed E-state index contributed by atoms with van der Waals surface area (Å²) in [6.45, 7) is 0.291. The van der Waals surface area contributed by atoms with Crippen LogP contribution in [0.2, 0.25) is 5.02 Å². The number of hydrogen-bond donors (Lipinski definition) is 0. The second-order valence-electron chi connectivity index (χ2n) is 7.60. The molecule has 9 nitrogen and oxygen atoms in total. The first kappa shape index (κ1) is 23.5. The Kier molecular flexibility index (Phi) is 7.24. The predicted molar refractivity (Wildman–Crippen MR) is 127 cm³/mol. The molecule has 0 atom stereocenters. The summed E-state index contributed by atoms with van der Waals surface area (Å²) in [5.41, 5.74) is 0.672. The van der Waals surface area contributed by atoms with Crippen LogP contribution in [0, 0.1) is 0 Å². The molecule has 0 saturated carbocycles. The van der Waals surface area contributed by atoms with Crippen molar-refractivity contribution in [3.8, 4) is 0 Å². The van der Waals surface area contributed by atoms with Crippen molar-refractivity contribution in [1.29, 1.82) is 0 Å². The lowest BCUT2D eigenvalue weighted by atomic mass is 10.2. The smallest absolute Gasteiger partial charge is 0.333 e. The number of hydrogen-bond acceptors (Lipinski definition) is 6. The molecule has 0 fully saturated rings. The summed E-state index contributed by atoms with van der Waals surface area (Å²) in [5.74, 6) is -0.729. The normalized spacial score (nSPS) is 11.1. The number of rotatable bonds is 9. The Labute approximate surface area is 199 Å². The van der Waals surface area contributed by atoms with Gasteiger partial charge in [-0.3, -0.25) is 14.2 Å². The Hall–Kier alpha value is -3.69. The Morgan fingerprint density at radius 3 is 2.50 bits per heavy atom. The van der Waals surface area contributed by atoms with Crippen LogP contribution >= 0.6 is 11.6 Å². The van der Waals surface area contributed by atoms with Gasteiger partial charge in [-0.25, -0.2) is 14.3 Å². The van der Waals surface area contributed by atoms with Gasteiger partial charge in [-0.05, 0) is 11.6 Å². The van der Waals surface area contributed by atoms with E-state index in [1.54, 1.807) is 35.9 Å². The van der Waals surface area contributed by atoms with Crippen LogP contribution in [0.25, 0.3) is 11.2 Å². The van der Waals surface area contributed by atoms with Gasteiger partial charge < -0.3 is 14.0 Å². The fourth-order valence-electron chi connectivity index (χ4n) is 3.59. The van der Waals surface area contributed by atoms with Crippen LogP contribution < -0.4 is 11.2 Å². The number of carbonyl (C=O) groups is 1. The largest absolute Gasteiger partial charge is 0.459 e. The minimum atomic E-state index is -0.729. The standard InChI is InChI=1S/C24H23ClN4O5/c1-33-12-11-27-16-26-22-21(27)23(31)29(24(32)28(22)13-17-7-3-2-4-8-17)14-20(30)34-15-18-9-5-6-10-19(18)25/h2-10,16H,11-15H2,1H3. The highest BCUT2D eigenvalue weighted by molar-refractivity contribution is 6.31. The van der Waals surface area contributed by atoms with Crippen molar-refractivity contribution in [2.45, 2.75) is 26.2 Å². The molecular weight excluding hydrogens is 460 g/mol. The topological polar surface area (TPSA) is 97.4 Å². The molecule has 0 amide bonds. The van der Waals surface area contributed by atoms with Gasteiger partial charge >= 0.3 is 11.7 Å². The summed E-state index contributed by atoms with van der Waals surface area (Å²) in [7, 11) is 1.55. The summed E-state index contributed by atoms with van der Waals surface area (Å²) in [6.07, 6.45) is 1.49. The molecule has 0 aliphatic heterocycles. The zero-order chi connectivity index (χ0) is 24.1. The molecule has 0 unspecified atom stereocenters. The van der Waals surface area contributed by atoms with Gasteiger partial charge in [-0.2, -0.15) is 0 Å². The van der Waals surface area contributed by atoms with E-state index in [0.29, 0.717) is 23.7 Å². The number of ether oxygens (including phenoxy) is 2. The van der Waals surface area contributed by atoms with E-state index in [2.05, 4.69) is 4.98 Å². The molecule has 10 heteroatoms. The van der Waals surface area contributed by atoms with E-state index in [0.717, 1.165) is 10.1 Å². The number of methoxy groups -OCH3 is 1. The fourth-order valence-corrected chi connectivity index (χ4v) is 3.78. The highest BCUT2D eigenvalue weighted by atomic mass is 35.5. The van der Waals surface area contributed by atoms with E-state index >= 15 is 0 Å². The third-order valence-electron chi connectivity index (χ3n) is 5.34. The summed E-state index contributed by atoms with van der Waals surface area (Å²) in [6, 6.07) is 16.3. The second kappa shape index (κ2) is 10.5. The predicted octanol–water partition coefficient (Wildman–Crippen LogP) is 2.45. The molecular formula is C24H23ClN4O5. The van der Waals surface area contributed by atoms with Crippen LogP contribution in [0.1, 0.15) is 11.1 Å². The first-order valence-corrected chi connectivity index (χ1v) is 11.0. The summed E-state index contributed by atoms with van der Waals surface area (Å²) in [5, 5.41) is 0.459. The zero-order valence-corrected chi connectivity index (χ0v) is 19.3. The number of benzene rings is 2. The Bertz CT molecular complexity index is 1430. The van der Waals surface area contributed by atoms with Crippen LogP contribution in [-0.2, 0) is 40.5 Å². The van der Waals surface area contributed by atoms with E-state index in [-0.39, 0.29) is 24.3 Å². The van der Waals surface area contributed by atoms with Gasteiger partial charge in [-0.15, -0.1) is 0 Å². The molecule has 0 bridgehead atoms. The second-order valence-corrected chi connectivity index (χ2v) is 8.01. The molecule has 4 aromatic rings. The van der Waals surface area contributed by atoms with Gasteiger partial charge in [0.05, 0.1) is 19.5 Å². The van der Waals surface area contributed by atoms with E-state index in [4.69, 9.17) is 21.1 Å². The third-order valence-corrected chi connectivity index (χ3v) is 5.71. The van der Waals surface area contributed by atoms with Crippen molar-refractivity contribution in [1.82, 2.24) is 18.7 Å². The Balaban J connectivity index is 1.71. The molecule has 2 heterocycles. The fraction of sp³-hybridized carbons (Fsp3) is 0.250. The van der Waals surface area contributed by atoms with Crippen molar-refractivity contribution < 1.29 is 14.3 Å². The van der Waals surface area contributed by atoms with Gasteiger partial charge in [0, 0.05) is 24.2 Å². The van der Waals surface area contributed by atoms with Gasteiger partial charge in [0.1, 0.15) is 13.2 Å². The SMILES string of the molecule is COCCn1cnc2c1c(=O)n(CC(=O)OCc1ccccc1Cl)c(=O)n2Cc1ccccc1. The first-order valence-electron chi connectivity index (χ1n) is 10.6. The molecule has 4 rings (SSSR count). The minimum absolute atomic E-state index is 0.0700. The average molecular weight is 483 g/mol. The maximum absolute atomic E-state index is 13.3. The Morgan fingerprint density at radius 1 is 1.03 bits per heavy atom. The molecule has 0 spiro atoms. The molecule has 0 radical (unpaired) electrons. The number of halogens is 1. The molecule has 0 aliphatic carbocycles. The minimum Gasteiger partial charge on any atom is -0.459 e. The van der Waals surface area contributed by atoms with Crippen LogP contribution in [0.5, 0.6) is 0 Å². The van der Waals surface area contributed by atoms with Crippen molar-refractivity contribution in [2.75, 3.05) is 13.7 Å². The molecule has 2 aromatic carbocycles. The van der Waals surface area contributed by atoms with Crippen LogP contribution in [-0.4, -0.2) is 38.4 Å². The van der Waals surface area contributed by atoms with Crippen molar-refractivity contribution in [2.24, 2.45) is 0 Å². The number of nitrogens with zero attached hydrogens (tertiary/aromatic N) is 4. The van der Waals surface area contributed by atoms with Gasteiger partial charge in [0.25, 0.3) is 5.56 Å². The zero-order valence-electron chi connectivity index (χ0n) is 18.5. The summed E-state index contributed by atoms with van der Waals surface area (Å²) >= 11 is 6.11. The molecule has 0 saturated heterocycles. The van der Waals surface area contributed by atoms with Gasteiger partial charge in [-0.1, -0.05) is 60.1 Å². The number of fused-ring (bicyclic) bond motifs is 1. The van der Waals surface area contributed by atoms with Crippen LogP contribution in [0.4, 0.5) is 0 Å². The number of esters is 1. The lowest BCUT2D eigenvalue weighted by molar-refractivity contribution is -0.145. The van der Waals surface area contributed by atoms with E-state index in [1.807, 2.05) is 30.3 Å². The Morgan fingerprint density at radius 2 is 1.76 bits per heavy atom. The summed E-state index contributed by atoms with van der Waals surface area (Å²) in [4.78, 5) is 43.5. The number of imidazole rings is 1. The monoisotopic (exact) mass is 482 g/mol. The quantitative estimate of drug-likeness (QED) is 0.340. The lowest BCUT2D eigenvalue weighted by Gasteiger charge is -2.13. The molecule has 2 aromatic heterocycles. The van der Waals surface area contributed by atoms with Crippen molar-refractivity contribution in [3.05, 3.63) is 97.9 Å². The molecule has 34 heavy (non-hydrogen) atoms. The van der Waals surface area contributed by atoms with Crippen LogP contribution in [0.15, 0.2) is 70.5 Å². The maximum atomic E-state index is 13.3. The van der Waals surface area contributed by atoms with Crippen molar-refractivity contribution >= 4 is 28.7 Å². The van der Waals surface area contributed by atoms with Gasteiger partial charge in [0.2, 0.25) is 0 Å². The van der Waals surface area contributed by atoms with Crippen molar-refractivity contribution in [3.63, 3.8) is 0 Å². The number of aromatic nitrogens is 4. The molecule has 176 valence electrons. The van der Waals surface area contributed by atoms with Crippen LogP contribution in [0.3, 0.4) is 0 Å². The molecule has 0 N–H and O–H groups in total. The maximum Gasteiger partial charge on any atom is 0.333 e. The van der Waals surface area contributed by atoms with E-state index < -0.39 is 23.8 Å². The van der Waals surface area contributed by atoms with E-state index in [9.17, 15) is 14.4 Å². The lowest BCUT2D eigenvalue weighted by Crippen LogP contribution is -2.42. The van der Waals surface area contributed by atoms with Gasteiger partial charge in [0.15, 0.2) is 11.2 Å². The average Bonchev–Trinajstić information content (AvgIpc) is 3.27. The molecule has 0 aliphatic rings. The third kappa shape index (κ3) is 4.95. The first-order chi connectivity index (χ1) is 16.5. The number of carbonyl (C=O) groups excluding carboxylic acids is 1.